The van der Waals surface area contributed by atoms with Gasteiger partial charge < -0.3 is 4.43 Å². The predicted molar refractivity (Wildman–Crippen MR) is 73.6 cm³/mol. The molecule has 1 atom stereocenters. The highest BCUT2D eigenvalue weighted by Crippen LogP contribution is 2.12. The van der Waals surface area contributed by atoms with Gasteiger partial charge in [0, 0.05) is 6.10 Å². The van der Waals surface area contributed by atoms with E-state index in [-0.39, 0.29) is 0 Å². The molecule has 0 saturated carbocycles. The quantitative estimate of drug-likeness (QED) is 0.684. The average Bonchev–Trinajstić information content (AvgIpc) is 2.27. The van der Waals surface area contributed by atoms with Crippen LogP contribution in [0.5, 0.6) is 0 Å². The van der Waals surface area contributed by atoms with Crippen LogP contribution in [0, 0.1) is 0 Å². The Labute approximate surface area is 101 Å². The second-order valence-corrected chi connectivity index (χ2v) is 8.78. The molecule has 2 heteroatoms. The molecule has 0 amide bonds. The monoisotopic (exact) mass is 236 g/mol. The fourth-order valence-corrected chi connectivity index (χ4v) is 4.22. The van der Waals surface area contributed by atoms with Crippen molar-refractivity contribution in [2.24, 2.45) is 0 Å². The van der Waals surface area contributed by atoms with Crippen molar-refractivity contribution < 1.29 is 4.43 Å². The van der Waals surface area contributed by atoms with Crippen molar-refractivity contribution in [3.63, 3.8) is 0 Å². The van der Waals surface area contributed by atoms with E-state index in [9.17, 15) is 0 Å². The van der Waals surface area contributed by atoms with Gasteiger partial charge in [-0.3, -0.25) is 0 Å². The van der Waals surface area contributed by atoms with Crippen molar-refractivity contribution in [3.05, 3.63) is 30.3 Å². The lowest BCUT2D eigenvalue weighted by molar-refractivity contribution is 0.203. The SMILES string of the molecule is CCCCC(C)O[Si](C)(C)c1ccccc1. The maximum Gasteiger partial charge on any atom is 0.218 e. The summed E-state index contributed by atoms with van der Waals surface area (Å²) in [7, 11) is -1.69. The van der Waals surface area contributed by atoms with E-state index in [4.69, 9.17) is 4.43 Å². The van der Waals surface area contributed by atoms with E-state index in [2.05, 4.69) is 57.3 Å². The van der Waals surface area contributed by atoms with Crippen molar-refractivity contribution in [2.45, 2.75) is 52.3 Å². The van der Waals surface area contributed by atoms with Gasteiger partial charge in [0.25, 0.3) is 0 Å². The van der Waals surface area contributed by atoms with Gasteiger partial charge in [-0.25, -0.2) is 0 Å². The number of unbranched alkanes of at least 4 members (excludes halogenated alkanes) is 1. The van der Waals surface area contributed by atoms with Crippen LogP contribution < -0.4 is 5.19 Å². The smallest absolute Gasteiger partial charge is 0.218 e. The van der Waals surface area contributed by atoms with Crippen LogP contribution in [-0.4, -0.2) is 14.4 Å². The third-order valence-electron chi connectivity index (χ3n) is 2.93. The zero-order valence-electron chi connectivity index (χ0n) is 11.0. The molecule has 0 N–H and O–H groups in total. The molecule has 0 radical (unpaired) electrons. The summed E-state index contributed by atoms with van der Waals surface area (Å²) in [5.74, 6) is 0. The zero-order valence-corrected chi connectivity index (χ0v) is 12.0. The van der Waals surface area contributed by atoms with Gasteiger partial charge in [0.15, 0.2) is 0 Å². The fraction of sp³-hybridized carbons (Fsp3) is 0.571. The summed E-state index contributed by atoms with van der Waals surface area (Å²) in [6.45, 7) is 9.00. The maximum absolute atomic E-state index is 6.26. The first-order valence-electron chi connectivity index (χ1n) is 6.29. The lowest BCUT2D eigenvalue weighted by atomic mass is 10.2. The minimum Gasteiger partial charge on any atom is -0.410 e. The largest absolute Gasteiger partial charge is 0.410 e. The van der Waals surface area contributed by atoms with Gasteiger partial charge >= 0.3 is 0 Å². The van der Waals surface area contributed by atoms with Crippen molar-refractivity contribution in [3.8, 4) is 0 Å². The van der Waals surface area contributed by atoms with Crippen molar-refractivity contribution >= 4 is 13.5 Å². The van der Waals surface area contributed by atoms with Crippen LogP contribution in [0.15, 0.2) is 30.3 Å². The molecular formula is C14H24OSi. The van der Waals surface area contributed by atoms with Gasteiger partial charge in [-0.05, 0) is 31.6 Å². The van der Waals surface area contributed by atoms with Crippen molar-refractivity contribution in [2.75, 3.05) is 0 Å². The summed E-state index contributed by atoms with van der Waals surface area (Å²) in [4.78, 5) is 0. The van der Waals surface area contributed by atoms with Crippen LogP contribution >= 0.6 is 0 Å². The molecule has 0 bridgehead atoms. The molecule has 0 fully saturated rings. The van der Waals surface area contributed by atoms with E-state index in [1.165, 1.54) is 24.4 Å². The molecule has 0 heterocycles. The molecule has 0 spiro atoms. The molecule has 0 aliphatic heterocycles. The van der Waals surface area contributed by atoms with Gasteiger partial charge in [0.1, 0.15) is 0 Å². The first kappa shape index (κ1) is 13.5. The first-order valence-corrected chi connectivity index (χ1v) is 9.20. The van der Waals surface area contributed by atoms with E-state index in [0.717, 1.165) is 0 Å². The molecule has 1 aromatic rings. The van der Waals surface area contributed by atoms with E-state index in [0.29, 0.717) is 6.10 Å². The van der Waals surface area contributed by atoms with Gasteiger partial charge in [-0.1, -0.05) is 50.1 Å². The topological polar surface area (TPSA) is 9.23 Å². The van der Waals surface area contributed by atoms with Crippen molar-refractivity contribution in [1.29, 1.82) is 0 Å². The van der Waals surface area contributed by atoms with Crippen LogP contribution in [-0.2, 0) is 4.43 Å². The molecule has 0 aliphatic carbocycles. The molecule has 0 aliphatic rings. The zero-order chi connectivity index (χ0) is 12.0. The minimum absolute atomic E-state index is 0.391. The van der Waals surface area contributed by atoms with Crippen LogP contribution in [0.4, 0.5) is 0 Å². The normalized spacial score (nSPS) is 13.8. The highest BCUT2D eigenvalue weighted by Gasteiger charge is 2.26. The molecule has 90 valence electrons. The van der Waals surface area contributed by atoms with E-state index < -0.39 is 8.32 Å². The molecule has 0 aromatic heterocycles. The van der Waals surface area contributed by atoms with E-state index in [1.807, 2.05) is 0 Å². The number of rotatable bonds is 6. The summed E-state index contributed by atoms with van der Waals surface area (Å²) < 4.78 is 6.26. The Morgan fingerprint density at radius 1 is 1.19 bits per heavy atom. The Morgan fingerprint density at radius 3 is 2.38 bits per heavy atom. The molecule has 16 heavy (non-hydrogen) atoms. The lowest BCUT2D eigenvalue weighted by Gasteiger charge is -2.27. The molecule has 1 nitrogen and oxygen atoms in total. The Kier molecular flexibility index (Phi) is 5.23. The lowest BCUT2D eigenvalue weighted by Crippen LogP contribution is -2.46. The summed E-state index contributed by atoms with van der Waals surface area (Å²) in [6, 6.07) is 10.7. The van der Waals surface area contributed by atoms with Crippen molar-refractivity contribution in [1.82, 2.24) is 0 Å². The molecule has 1 aromatic carbocycles. The first-order chi connectivity index (χ1) is 7.56. The Balaban J connectivity index is 2.58. The predicted octanol–water partition coefficient (Wildman–Crippen LogP) is 3.69. The van der Waals surface area contributed by atoms with Crippen LogP contribution in [0.2, 0.25) is 13.1 Å². The van der Waals surface area contributed by atoms with Crippen LogP contribution in [0.3, 0.4) is 0 Å². The highest BCUT2D eigenvalue weighted by molar-refractivity contribution is 6.84. The Morgan fingerprint density at radius 2 is 1.81 bits per heavy atom. The van der Waals surface area contributed by atoms with Gasteiger partial charge in [-0.2, -0.15) is 0 Å². The standard InChI is InChI=1S/C14H24OSi/c1-5-6-10-13(2)15-16(3,4)14-11-8-7-9-12-14/h7-9,11-13H,5-6,10H2,1-4H3. The van der Waals surface area contributed by atoms with Crippen LogP contribution in [0.25, 0.3) is 0 Å². The summed E-state index contributed by atoms with van der Waals surface area (Å²) >= 11 is 0. The van der Waals surface area contributed by atoms with Gasteiger partial charge in [0.2, 0.25) is 8.32 Å². The minimum atomic E-state index is -1.69. The van der Waals surface area contributed by atoms with E-state index in [1.54, 1.807) is 0 Å². The number of hydrogen-bond donors (Lipinski definition) is 0. The molecular weight excluding hydrogens is 212 g/mol. The molecule has 1 rings (SSSR count). The second-order valence-electron chi connectivity index (χ2n) is 4.95. The van der Waals surface area contributed by atoms with Gasteiger partial charge in [0.05, 0.1) is 0 Å². The Bertz CT molecular complexity index is 295. The number of hydrogen-bond acceptors (Lipinski definition) is 1. The molecule has 0 saturated heterocycles. The summed E-state index contributed by atoms with van der Waals surface area (Å²) in [6.07, 6.45) is 4.09. The molecule has 1 unspecified atom stereocenters. The average molecular weight is 236 g/mol. The second kappa shape index (κ2) is 6.21. The highest BCUT2D eigenvalue weighted by atomic mass is 28.4. The van der Waals surface area contributed by atoms with Crippen LogP contribution in [0.1, 0.15) is 33.1 Å². The Hall–Kier alpha value is -0.603. The third-order valence-corrected chi connectivity index (χ3v) is 5.64. The number of benzene rings is 1. The maximum atomic E-state index is 6.26. The fourth-order valence-electron chi connectivity index (χ4n) is 1.96. The summed E-state index contributed by atoms with van der Waals surface area (Å²) in [5, 5.41) is 1.39. The van der Waals surface area contributed by atoms with E-state index >= 15 is 0 Å². The van der Waals surface area contributed by atoms with Gasteiger partial charge in [-0.15, -0.1) is 0 Å². The summed E-state index contributed by atoms with van der Waals surface area (Å²) in [5.41, 5.74) is 0. The third kappa shape index (κ3) is 4.10.